The molecular weight excluding hydrogens is 264 g/mol. The van der Waals surface area contributed by atoms with Gasteiger partial charge in [0.15, 0.2) is 5.69 Å². The molecule has 1 aromatic heterocycles. The van der Waals surface area contributed by atoms with Crippen LogP contribution in [0.5, 0.6) is 0 Å². The Morgan fingerprint density at radius 2 is 2.21 bits per heavy atom. The lowest BCUT2D eigenvalue weighted by atomic mass is 10.3. The first-order valence-corrected chi connectivity index (χ1v) is 5.69. The summed E-state index contributed by atoms with van der Waals surface area (Å²) in [5.41, 5.74) is -1.08. The van der Waals surface area contributed by atoms with Crippen LogP contribution in [0.3, 0.4) is 0 Å². The van der Waals surface area contributed by atoms with Crippen LogP contribution in [0.1, 0.15) is 29.5 Å². The van der Waals surface area contributed by atoms with Crippen LogP contribution in [-0.4, -0.2) is 52.5 Å². The number of esters is 1. The number of carbonyl (C=O) groups is 1. The molecule has 0 amide bonds. The summed E-state index contributed by atoms with van der Waals surface area (Å²) in [4.78, 5) is 11.4. The molecular formula is C10H15F2N3O4. The molecule has 1 N–H and O–H groups in total. The number of aliphatic hydroxyl groups excluding tert-OH is 1. The summed E-state index contributed by atoms with van der Waals surface area (Å²) in [6.07, 6.45) is -2.90. The molecule has 7 nitrogen and oxygen atoms in total. The lowest BCUT2D eigenvalue weighted by Crippen LogP contribution is -2.14. The third-order valence-corrected chi connectivity index (χ3v) is 2.13. The predicted octanol–water partition coefficient (Wildman–Crippen LogP) is 0.401. The summed E-state index contributed by atoms with van der Waals surface area (Å²) in [6, 6.07) is 0. The van der Waals surface area contributed by atoms with Gasteiger partial charge in [0.25, 0.3) is 6.43 Å². The van der Waals surface area contributed by atoms with Crippen molar-refractivity contribution in [2.24, 2.45) is 0 Å². The minimum absolute atomic E-state index is 0.00603. The van der Waals surface area contributed by atoms with Crippen LogP contribution in [0.15, 0.2) is 0 Å². The first kappa shape index (κ1) is 15.4. The summed E-state index contributed by atoms with van der Waals surface area (Å²) in [5, 5.41) is 15.4. The van der Waals surface area contributed by atoms with Crippen LogP contribution in [0, 0.1) is 0 Å². The Balaban J connectivity index is 2.78. The summed E-state index contributed by atoms with van der Waals surface area (Å²) in [7, 11) is 0. The Bertz CT molecular complexity index is 411. The molecule has 0 radical (unpaired) electrons. The first-order chi connectivity index (χ1) is 9.11. The van der Waals surface area contributed by atoms with Gasteiger partial charge < -0.3 is 14.6 Å². The number of hydrogen-bond acceptors (Lipinski definition) is 6. The number of nitrogens with zero attached hydrogens (tertiary/aromatic N) is 3. The van der Waals surface area contributed by atoms with Crippen LogP contribution >= 0.6 is 0 Å². The Kier molecular flexibility index (Phi) is 6.30. The molecule has 0 aliphatic heterocycles. The number of carbonyl (C=O) groups excluding carboxylic acids is 1. The number of halogens is 2. The topological polar surface area (TPSA) is 86.5 Å². The van der Waals surface area contributed by atoms with Gasteiger partial charge in [0.2, 0.25) is 0 Å². The third-order valence-electron chi connectivity index (χ3n) is 2.13. The minimum atomic E-state index is -2.90. The van der Waals surface area contributed by atoms with E-state index in [0.29, 0.717) is 0 Å². The Morgan fingerprint density at radius 3 is 2.79 bits per heavy atom. The molecule has 108 valence electrons. The van der Waals surface area contributed by atoms with Crippen LogP contribution in [0.2, 0.25) is 0 Å². The highest BCUT2D eigenvalue weighted by atomic mass is 19.3. The second kappa shape index (κ2) is 7.74. The van der Waals surface area contributed by atoms with Crippen molar-refractivity contribution in [1.82, 2.24) is 15.0 Å². The number of aliphatic hydroxyl groups is 1. The summed E-state index contributed by atoms with van der Waals surface area (Å²) in [5.74, 6) is -0.930. The fourth-order valence-electron chi connectivity index (χ4n) is 1.36. The zero-order chi connectivity index (χ0) is 14.3. The molecule has 19 heavy (non-hydrogen) atoms. The Labute approximate surface area is 108 Å². The molecule has 0 aromatic carbocycles. The van der Waals surface area contributed by atoms with Gasteiger partial charge in [-0.05, 0) is 6.92 Å². The van der Waals surface area contributed by atoms with Crippen molar-refractivity contribution < 1.29 is 28.2 Å². The summed E-state index contributed by atoms with van der Waals surface area (Å²) >= 11 is 0. The standard InChI is InChI=1S/C10H15F2N3O4/c1-2-19-10(17)7-8(9(11)12)15(14-13-7)3-5-18-6-4-16/h9,16H,2-6H2,1H3. The van der Waals surface area contributed by atoms with E-state index in [1.54, 1.807) is 6.92 Å². The maximum Gasteiger partial charge on any atom is 0.361 e. The SMILES string of the molecule is CCOC(=O)c1nnn(CCOCCO)c1C(F)F. The molecule has 0 saturated heterocycles. The van der Waals surface area contributed by atoms with E-state index in [1.807, 2.05) is 0 Å². The van der Waals surface area contributed by atoms with Gasteiger partial charge in [-0.25, -0.2) is 18.3 Å². The van der Waals surface area contributed by atoms with Crippen molar-refractivity contribution in [3.05, 3.63) is 11.4 Å². The minimum Gasteiger partial charge on any atom is -0.461 e. The average molecular weight is 279 g/mol. The molecule has 0 unspecified atom stereocenters. The highest BCUT2D eigenvalue weighted by molar-refractivity contribution is 5.88. The molecule has 0 bridgehead atoms. The maximum absolute atomic E-state index is 12.9. The molecule has 1 rings (SSSR count). The normalized spacial score (nSPS) is 11.0. The highest BCUT2D eigenvalue weighted by Crippen LogP contribution is 2.21. The van der Waals surface area contributed by atoms with Gasteiger partial charge in [-0.1, -0.05) is 5.21 Å². The average Bonchev–Trinajstić information content (AvgIpc) is 2.79. The molecule has 0 aliphatic rings. The zero-order valence-electron chi connectivity index (χ0n) is 10.4. The van der Waals surface area contributed by atoms with Crippen molar-refractivity contribution >= 4 is 5.97 Å². The predicted molar refractivity (Wildman–Crippen MR) is 58.8 cm³/mol. The van der Waals surface area contributed by atoms with Gasteiger partial charge in [-0.15, -0.1) is 5.10 Å². The van der Waals surface area contributed by atoms with Crippen LogP contribution in [-0.2, 0) is 16.0 Å². The van der Waals surface area contributed by atoms with Gasteiger partial charge >= 0.3 is 5.97 Å². The van der Waals surface area contributed by atoms with E-state index in [0.717, 1.165) is 4.68 Å². The second-order valence-corrected chi connectivity index (χ2v) is 3.40. The number of aromatic nitrogens is 3. The van der Waals surface area contributed by atoms with E-state index in [9.17, 15) is 13.6 Å². The number of ether oxygens (including phenoxy) is 2. The fraction of sp³-hybridized carbons (Fsp3) is 0.700. The van der Waals surface area contributed by atoms with Gasteiger partial charge in [-0.2, -0.15) is 0 Å². The number of hydrogen-bond donors (Lipinski definition) is 1. The highest BCUT2D eigenvalue weighted by Gasteiger charge is 2.27. The molecule has 1 heterocycles. The van der Waals surface area contributed by atoms with Gasteiger partial charge in [0, 0.05) is 0 Å². The quantitative estimate of drug-likeness (QED) is 0.547. The van der Waals surface area contributed by atoms with E-state index < -0.39 is 23.8 Å². The molecule has 0 saturated carbocycles. The Hall–Kier alpha value is -1.61. The second-order valence-electron chi connectivity index (χ2n) is 3.40. The van der Waals surface area contributed by atoms with Gasteiger partial charge in [0.05, 0.1) is 33.0 Å². The molecule has 0 spiro atoms. The van der Waals surface area contributed by atoms with E-state index >= 15 is 0 Å². The summed E-state index contributed by atoms with van der Waals surface area (Å²) in [6.45, 7) is 1.65. The lowest BCUT2D eigenvalue weighted by molar-refractivity contribution is 0.0505. The zero-order valence-corrected chi connectivity index (χ0v) is 10.4. The van der Waals surface area contributed by atoms with Crippen molar-refractivity contribution in [3.8, 4) is 0 Å². The van der Waals surface area contributed by atoms with E-state index in [2.05, 4.69) is 15.0 Å². The van der Waals surface area contributed by atoms with Crippen molar-refractivity contribution in [2.45, 2.75) is 19.9 Å². The van der Waals surface area contributed by atoms with Crippen LogP contribution < -0.4 is 0 Å². The third kappa shape index (κ3) is 4.21. The molecule has 1 aromatic rings. The van der Waals surface area contributed by atoms with Crippen LogP contribution in [0.25, 0.3) is 0 Å². The largest absolute Gasteiger partial charge is 0.461 e. The number of alkyl halides is 2. The lowest BCUT2D eigenvalue weighted by Gasteiger charge is -2.07. The Morgan fingerprint density at radius 1 is 1.47 bits per heavy atom. The summed E-state index contributed by atoms with van der Waals surface area (Å²) < 4.78 is 36.3. The van der Waals surface area contributed by atoms with Gasteiger partial charge in [0.1, 0.15) is 5.69 Å². The molecule has 0 fully saturated rings. The van der Waals surface area contributed by atoms with Crippen molar-refractivity contribution in [2.75, 3.05) is 26.4 Å². The fourth-order valence-corrected chi connectivity index (χ4v) is 1.36. The maximum atomic E-state index is 12.9. The number of rotatable bonds is 8. The van der Waals surface area contributed by atoms with Crippen molar-refractivity contribution in [1.29, 1.82) is 0 Å². The first-order valence-electron chi connectivity index (χ1n) is 5.69. The molecule has 9 heteroatoms. The van der Waals surface area contributed by atoms with E-state index in [4.69, 9.17) is 9.84 Å². The smallest absolute Gasteiger partial charge is 0.361 e. The van der Waals surface area contributed by atoms with E-state index in [1.165, 1.54) is 0 Å². The molecule has 0 aliphatic carbocycles. The van der Waals surface area contributed by atoms with Crippen molar-refractivity contribution in [3.63, 3.8) is 0 Å². The van der Waals surface area contributed by atoms with E-state index in [-0.39, 0.29) is 33.0 Å². The van der Waals surface area contributed by atoms with Gasteiger partial charge in [-0.3, -0.25) is 0 Å². The monoisotopic (exact) mass is 279 g/mol. The molecule has 0 atom stereocenters. The van der Waals surface area contributed by atoms with Crippen LogP contribution in [0.4, 0.5) is 8.78 Å².